The molecule has 1 aliphatic heterocycles. The van der Waals surface area contributed by atoms with Crippen molar-refractivity contribution in [3.8, 4) is 0 Å². The van der Waals surface area contributed by atoms with Crippen LogP contribution < -0.4 is 0 Å². The summed E-state index contributed by atoms with van der Waals surface area (Å²) in [6.07, 6.45) is 8.89. The van der Waals surface area contributed by atoms with E-state index in [0.29, 0.717) is 6.10 Å². The lowest BCUT2D eigenvalue weighted by atomic mass is 10.1. The second-order valence-electron chi connectivity index (χ2n) is 3.85. The summed E-state index contributed by atoms with van der Waals surface area (Å²) in [6.45, 7) is 0. The molecule has 0 spiro atoms. The lowest BCUT2D eigenvalue weighted by molar-refractivity contribution is 0.158. The summed E-state index contributed by atoms with van der Waals surface area (Å²) in [5.41, 5.74) is 1.39. The Labute approximate surface area is 99.3 Å². The fourth-order valence-corrected chi connectivity index (χ4v) is 2.32. The van der Waals surface area contributed by atoms with Crippen LogP contribution in [0.25, 0.3) is 0 Å². The standard InChI is InChI=1S/C13H15BrO/c14-13-9-2-1-5-11(13)6-3-7-12-8-4-10-15-12/h1-2,4-5,9-10,12H,3,6-8H2. The molecule has 80 valence electrons. The van der Waals surface area contributed by atoms with Gasteiger partial charge in [-0.05, 0) is 37.0 Å². The van der Waals surface area contributed by atoms with Crippen LogP contribution in [0.3, 0.4) is 0 Å². The van der Waals surface area contributed by atoms with Gasteiger partial charge in [0.15, 0.2) is 0 Å². The summed E-state index contributed by atoms with van der Waals surface area (Å²) in [6, 6.07) is 8.42. The molecular weight excluding hydrogens is 252 g/mol. The molecule has 1 aromatic rings. The van der Waals surface area contributed by atoms with Crippen molar-refractivity contribution in [1.29, 1.82) is 0 Å². The summed E-state index contributed by atoms with van der Waals surface area (Å²) >= 11 is 3.57. The minimum atomic E-state index is 0.424. The molecule has 0 saturated heterocycles. The normalized spacial score (nSPS) is 19.1. The third-order valence-electron chi connectivity index (χ3n) is 2.70. The van der Waals surface area contributed by atoms with Crippen molar-refractivity contribution < 1.29 is 4.74 Å². The van der Waals surface area contributed by atoms with Gasteiger partial charge >= 0.3 is 0 Å². The van der Waals surface area contributed by atoms with Gasteiger partial charge in [-0.2, -0.15) is 0 Å². The maximum Gasteiger partial charge on any atom is 0.101 e. The van der Waals surface area contributed by atoms with Gasteiger partial charge in [0, 0.05) is 10.9 Å². The van der Waals surface area contributed by atoms with Crippen molar-refractivity contribution in [3.05, 3.63) is 46.6 Å². The fourth-order valence-electron chi connectivity index (χ4n) is 1.84. The Kier molecular flexibility index (Phi) is 3.84. The molecular formula is C13H15BrO. The number of halogens is 1. The second-order valence-corrected chi connectivity index (χ2v) is 4.70. The van der Waals surface area contributed by atoms with E-state index in [0.717, 1.165) is 19.3 Å². The monoisotopic (exact) mass is 266 g/mol. The van der Waals surface area contributed by atoms with Gasteiger partial charge in [0.2, 0.25) is 0 Å². The molecule has 0 aromatic heterocycles. The molecule has 1 aliphatic rings. The molecule has 15 heavy (non-hydrogen) atoms. The first-order valence-electron chi connectivity index (χ1n) is 5.40. The van der Waals surface area contributed by atoms with Crippen LogP contribution in [0.4, 0.5) is 0 Å². The van der Waals surface area contributed by atoms with Gasteiger partial charge in [0.1, 0.15) is 6.10 Å². The van der Waals surface area contributed by atoms with Crippen molar-refractivity contribution in [2.24, 2.45) is 0 Å². The Morgan fingerprint density at radius 1 is 1.33 bits per heavy atom. The van der Waals surface area contributed by atoms with E-state index in [1.54, 1.807) is 0 Å². The smallest absolute Gasteiger partial charge is 0.101 e. The van der Waals surface area contributed by atoms with E-state index in [9.17, 15) is 0 Å². The first-order chi connectivity index (χ1) is 7.36. The average molecular weight is 267 g/mol. The van der Waals surface area contributed by atoms with Crippen molar-refractivity contribution in [2.45, 2.75) is 31.8 Å². The van der Waals surface area contributed by atoms with Crippen LogP contribution in [0.1, 0.15) is 24.8 Å². The van der Waals surface area contributed by atoms with Crippen LogP contribution in [0.15, 0.2) is 41.1 Å². The molecule has 1 nitrogen and oxygen atoms in total. The zero-order chi connectivity index (χ0) is 10.5. The summed E-state index contributed by atoms with van der Waals surface area (Å²) in [5, 5.41) is 0. The molecule has 0 bridgehead atoms. The number of rotatable bonds is 4. The molecule has 0 N–H and O–H groups in total. The second kappa shape index (κ2) is 5.36. The zero-order valence-electron chi connectivity index (χ0n) is 8.66. The molecule has 0 amide bonds. The number of hydrogen-bond acceptors (Lipinski definition) is 1. The lowest BCUT2D eigenvalue weighted by Gasteiger charge is -2.10. The third kappa shape index (κ3) is 3.10. The van der Waals surface area contributed by atoms with Crippen LogP contribution in [0.2, 0.25) is 0 Å². The fraction of sp³-hybridized carbons (Fsp3) is 0.385. The maximum absolute atomic E-state index is 5.43. The van der Waals surface area contributed by atoms with E-state index >= 15 is 0 Å². The van der Waals surface area contributed by atoms with Crippen LogP contribution in [0.5, 0.6) is 0 Å². The summed E-state index contributed by atoms with van der Waals surface area (Å²) in [5.74, 6) is 0. The molecule has 2 heteroatoms. The molecule has 1 aromatic carbocycles. The predicted molar refractivity (Wildman–Crippen MR) is 65.7 cm³/mol. The SMILES string of the molecule is Brc1ccccc1CCCC1CC=CO1. The zero-order valence-corrected chi connectivity index (χ0v) is 10.2. The van der Waals surface area contributed by atoms with Crippen molar-refractivity contribution in [1.82, 2.24) is 0 Å². The minimum absolute atomic E-state index is 0.424. The molecule has 0 aliphatic carbocycles. The Bertz CT molecular complexity index is 338. The summed E-state index contributed by atoms with van der Waals surface area (Å²) < 4.78 is 6.65. The van der Waals surface area contributed by atoms with Crippen molar-refractivity contribution in [3.63, 3.8) is 0 Å². The van der Waals surface area contributed by atoms with Gasteiger partial charge in [-0.15, -0.1) is 0 Å². The summed E-state index contributed by atoms with van der Waals surface area (Å²) in [7, 11) is 0. The van der Waals surface area contributed by atoms with Crippen molar-refractivity contribution >= 4 is 15.9 Å². The van der Waals surface area contributed by atoms with Gasteiger partial charge in [-0.25, -0.2) is 0 Å². The van der Waals surface area contributed by atoms with E-state index < -0.39 is 0 Å². The highest BCUT2D eigenvalue weighted by Crippen LogP contribution is 2.20. The minimum Gasteiger partial charge on any atom is -0.498 e. The van der Waals surface area contributed by atoms with E-state index in [1.165, 1.54) is 16.5 Å². The number of ether oxygens (including phenoxy) is 1. The van der Waals surface area contributed by atoms with E-state index in [2.05, 4.69) is 46.3 Å². The van der Waals surface area contributed by atoms with Crippen molar-refractivity contribution in [2.75, 3.05) is 0 Å². The van der Waals surface area contributed by atoms with Gasteiger partial charge < -0.3 is 4.74 Å². The van der Waals surface area contributed by atoms with Crippen LogP contribution in [-0.2, 0) is 11.2 Å². The first kappa shape index (κ1) is 10.7. The van der Waals surface area contributed by atoms with E-state index in [4.69, 9.17) is 4.74 Å². The van der Waals surface area contributed by atoms with Crippen LogP contribution >= 0.6 is 15.9 Å². The quantitative estimate of drug-likeness (QED) is 0.798. The first-order valence-corrected chi connectivity index (χ1v) is 6.19. The Balaban J connectivity index is 1.76. The summed E-state index contributed by atoms with van der Waals surface area (Å²) in [4.78, 5) is 0. The average Bonchev–Trinajstić information content (AvgIpc) is 2.74. The molecule has 2 rings (SSSR count). The van der Waals surface area contributed by atoms with E-state index in [1.807, 2.05) is 6.26 Å². The molecule has 0 saturated carbocycles. The Morgan fingerprint density at radius 2 is 2.20 bits per heavy atom. The highest BCUT2D eigenvalue weighted by atomic mass is 79.9. The molecule has 1 unspecified atom stereocenters. The van der Waals surface area contributed by atoms with Gasteiger partial charge in [-0.1, -0.05) is 34.1 Å². The highest BCUT2D eigenvalue weighted by molar-refractivity contribution is 9.10. The topological polar surface area (TPSA) is 9.23 Å². The predicted octanol–water partition coefficient (Wildman–Crippen LogP) is 4.07. The number of hydrogen-bond donors (Lipinski definition) is 0. The third-order valence-corrected chi connectivity index (χ3v) is 3.47. The molecule has 1 atom stereocenters. The number of aryl methyl sites for hydroxylation is 1. The van der Waals surface area contributed by atoms with Crippen LogP contribution in [-0.4, -0.2) is 6.10 Å². The number of benzene rings is 1. The van der Waals surface area contributed by atoms with Gasteiger partial charge in [0.05, 0.1) is 6.26 Å². The molecule has 1 heterocycles. The maximum atomic E-state index is 5.43. The Hall–Kier alpha value is -0.760. The lowest BCUT2D eigenvalue weighted by Crippen LogP contribution is -2.04. The van der Waals surface area contributed by atoms with Gasteiger partial charge in [0.25, 0.3) is 0 Å². The van der Waals surface area contributed by atoms with E-state index in [-0.39, 0.29) is 0 Å². The highest BCUT2D eigenvalue weighted by Gasteiger charge is 2.10. The molecule has 0 fully saturated rings. The molecule has 0 radical (unpaired) electrons. The van der Waals surface area contributed by atoms with Crippen LogP contribution in [0, 0.1) is 0 Å². The van der Waals surface area contributed by atoms with Gasteiger partial charge in [-0.3, -0.25) is 0 Å². The Morgan fingerprint density at radius 3 is 2.93 bits per heavy atom. The largest absolute Gasteiger partial charge is 0.498 e.